The molecule has 0 spiro atoms. The van der Waals surface area contributed by atoms with E-state index < -0.39 is 0 Å². The first-order chi connectivity index (χ1) is 14.6. The number of carbonyl (C=O) groups excluding carboxylic acids is 2. The SMILES string of the molecule is COc1ccc(NC(=O)Cc2ccc(-c3ccccc3)cc2)cc1N1CCCC1=O. The lowest BCUT2D eigenvalue weighted by atomic mass is 10.0. The molecule has 0 radical (unpaired) electrons. The van der Waals surface area contributed by atoms with E-state index >= 15 is 0 Å². The number of hydrogen-bond acceptors (Lipinski definition) is 3. The number of carbonyl (C=O) groups is 2. The molecule has 0 aliphatic carbocycles. The van der Waals surface area contributed by atoms with Crippen molar-refractivity contribution in [1.29, 1.82) is 0 Å². The van der Waals surface area contributed by atoms with Crippen LogP contribution < -0.4 is 15.0 Å². The molecule has 0 aromatic heterocycles. The van der Waals surface area contributed by atoms with Crippen LogP contribution in [-0.4, -0.2) is 25.5 Å². The minimum atomic E-state index is -0.105. The Morgan fingerprint density at radius 2 is 1.73 bits per heavy atom. The first-order valence-electron chi connectivity index (χ1n) is 10.1. The largest absolute Gasteiger partial charge is 0.495 e. The molecule has 1 fully saturated rings. The maximum Gasteiger partial charge on any atom is 0.228 e. The molecule has 1 aliphatic heterocycles. The number of ether oxygens (including phenoxy) is 1. The molecule has 3 aromatic rings. The number of benzene rings is 3. The second kappa shape index (κ2) is 8.82. The van der Waals surface area contributed by atoms with E-state index in [0.717, 1.165) is 23.1 Å². The van der Waals surface area contributed by atoms with Gasteiger partial charge in [-0.05, 0) is 41.3 Å². The second-order valence-electron chi connectivity index (χ2n) is 7.32. The van der Waals surface area contributed by atoms with E-state index in [0.29, 0.717) is 30.1 Å². The highest BCUT2D eigenvalue weighted by Crippen LogP contribution is 2.34. The summed E-state index contributed by atoms with van der Waals surface area (Å²) in [6.07, 6.45) is 1.65. The standard InChI is InChI=1S/C25H24N2O3/c1-30-23-14-13-21(17-22(23)27-15-5-8-25(27)29)26-24(28)16-18-9-11-20(12-10-18)19-6-3-2-4-7-19/h2-4,6-7,9-14,17H,5,8,15-16H2,1H3,(H,26,28). The summed E-state index contributed by atoms with van der Waals surface area (Å²) in [5, 5.41) is 2.93. The molecule has 30 heavy (non-hydrogen) atoms. The highest BCUT2D eigenvalue weighted by atomic mass is 16.5. The fraction of sp³-hybridized carbons (Fsp3) is 0.200. The zero-order valence-electron chi connectivity index (χ0n) is 16.9. The molecule has 1 aliphatic rings. The molecule has 0 saturated carbocycles. The van der Waals surface area contributed by atoms with Crippen LogP contribution in [-0.2, 0) is 16.0 Å². The summed E-state index contributed by atoms with van der Waals surface area (Å²) < 4.78 is 5.40. The van der Waals surface area contributed by atoms with Crippen LogP contribution in [0, 0.1) is 0 Å². The van der Waals surface area contributed by atoms with E-state index in [1.807, 2.05) is 42.5 Å². The lowest BCUT2D eigenvalue weighted by Crippen LogP contribution is -2.24. The number of hydrogen-bond donors (Lipinski definition) is 1. The summed E-state index contributed by atoms with van der Waals surface area (Å²) in [4.78, 5) is 26.4. The molecule has 5 heteroatoms. The third-order valence-electron chi connectivity index (χ3n) is 5.25. The van der Waals surface area contributed by atoms with Crippen LogP contribution in [0.4, 0.5) is 11.4 Å². The van der Waals surface area contributed by atoms with Crippen LogP contribution in [0.25, 0.3) is 11.1 Å². The molecule has 0 bridgehead atoms. The zero-order valence-corrected chi connectivity index (χ0v) is 16.9. The van der Waals surface area contributed by atoms with Crippen molar-refractivity contribution in [3.8, 4) is 16.9 Å². The smallest absolute Gasteiger partial charge is 0.228 e. The number of nitrogens with one attached hydrogen (secondary N) is 1. The maximum atomic E-state index is 12.6. The summed E-state index contributed by atoms with van der Waals surface area (Å²) in [6, 6.07) is 23.5. The van der Waals surface area contributed by atoms with Crippen molar-refractivity contribution < 1.29 is 14.3 Å². The summed E-state index contributed by atoms with van der Waals surface area (Å²) in [6.45, 7) is 0.667. The van der Waals surface area contributed by atoms with Gasteiger partial charge in [0.1, 0.15) is 5.75 Å². The van der Waals surface area contributed by atoms with Crippen LogP contribution in [0.1, 0.15) is 18.4 Å². The van der Waals surface area contributed by atoms with Crippen molar-refractivity contribution in [2.24, 2.45) is 0 Å². The number of methoxy groups -OCH3 is 1. The molecule has 0 unspecified atom stereocenters. The van der Waals surface area contributed by atoms with Crippen LogP contribution in [0.2, 0.25) is 0 Å². The van der Waals surface area contributed by atoms with Gasteiger partial charge in [0, 0.05) is 18.7 Å². The Morgan fingerprint density at radius 3 is 2.40 bits per heavy atom. The van der Waals surface area contributed by atoms with Gasteiger partial charge in [-0.15, -0.1) is 0 Å². The minimum Gasteiger partial charge on any atom is -0.495 e. The molecule has 152 valence electrons. The average Bonchev–Trinajstić information content (AvgIpc) is 3.20. The van der Waals surface area contributed by atoms with Gasteiger partial charge in [-0.2, -0.15) is 0 Å². The molecule has 1 N–H and O–H groups in total. The third kappa shape index (κ3) is 4.35. The van der Waals surface area contributed by atoms with Crippen LogP contribution >= 0.6 is 0 Å². The number of amides is 2. The fourth-order valence-electron chi connectivity index (χ4n) is 3.72. The summed E-state index contributed by atoms with van der Waals surface area (Å²) in [7, 11) is 1.58. The monoisotopic (exact) mass is 400 g/mol. The maximum absolute atomic E-state index is 12.6. The van der Waals surface area contributed by atoms with E-state index in [2.05, 4.69) is 17.4 Å². The lowest BCUT2D eigenvalue weighted by Gasteiger charge is -2.20. The number of nitrogens with zero attached hydrogens (tertiary/aromatic N) is 1. The summed E-state index contributed by atoms with van der Waals surface area (Å²) >= 11 is 0. The Bertz CT molecular complexity index is 1050. The highest BCUT2D eigenvalue weighted by Gasteiger charge is 2.24. The lowest BCUT2D eigenvalue weighted by molar-refractivity contribution is -0.117. The molecular formula is C25H24N2O3. The van der Waals surface area contributed by atoms with Gasteiger partial charge in [0.25, 0.3) is 0 Å². The Labute approximate surface area is 176 Å². The van der Waals surface area contributed by atoms with Gasteiger partial charge in [-0.1, -0.05) is 54.6 Å². The fourth-order valence-corrected chi connectivity index (χ4v) is 3.72. The van der Waals surface area contributed by atoms with Gasteiger partial charge in [0.15, 0.2) is 0 Å². The van der Waals surface area contributed by atoms with E-state index in [4.69, 9.17) is 4.74 Å². The summed E-state index contributed by atoms with van der Waals surface area (Å²) in [5.74, 6) is 0.598. The topological polar surface area (TPSA) is 58.6 Å². The quantitative estimate of drug-likeness (QED) is 0.654. The zero-order chi connectivity index (χ0) is 20.9. The van der Waals surface area contributed by atoms with Crippen molar-refractivity contribution in [2.45, 2.75) is 19.3 Å². The van der Waals surface area contributed by atoms with Crippen molar-refractivity contribution in [1.82, 2.24) is 0 Å². The molecule has 3 aromatic carbocycles. The van der Waals surface area contributed by atoms with E-state index in [-0.39, 0.29) is 18.2 Å². The third-order valence-corrected chi connectivity index (χ3v) is 5.25. The number of rotatable bonds is 6. The van der Waals surface area contributed by atoms with E-state index in [1.165, 1.54) is 0 Å². The molecule has 1 saturated heterocycles. The van der Waals surface area contributed by atoms with Crippen molar-refractivity contribution in [2.75, 3.05) is 23.9 Å². The molecule has 4 rings (SSSR count). The van der Waals surface area contributed by atoms with E-state index in [1.54, 1.807) is 30.2 Å². The van der Waals surface area contributed by atoms with Gasteiger partial charge < -0.3 is 15.0 Å². The van der Waals surface area contributed by atoms with Gasteiger partial charge in [0.2, 0.25) is 11.8 Å². The van der Waals surface area contributed by atoms with Gasteiger partial charge in [-0.3, -0.25) is 9.59 Å². The van der Waals surface area contributed by atoms with Crippen LogP contribution in [0.15, 0.2) is 72.8 Å². The Morgan fingerprint density at radius 1 is 1.00 bits per heavy atom. The normalized spacial score (nSPS) is 13.4. The Hall–Kier alpha value is -3.60. The summed E-state index contributed by atoms with van der Waals surface area (Å²) in [5.41, 5.74) is 4.56. The van der Waals surface area contributed by atoms with Crippen molar-refractivity contribution >= 4 is 23.2 Å². The van der Waals surface area contributed by atoms with Gasteiger partial charge in [0.05, 0.1) is 19.2 Å². The first-order valence-corrected chi connectivity index (χ1v) is 10.1. The molecule has 1 heterocycles. The van der Waals surface area contributed by atoms with Crippen LogP contribution in [0.5, 0.6) is 5.75 Å². The Balaban J connectivity index is 1.44. The molecule has 5 nitrogen and oxygen atoms in total. The molecule has 0 atom stereocenters. The van der Waals surface area contributed by atoms with Gasteiger partial charge in [-0.25, -0.2) is 0 Å². The van der Waals surface area contributed by atoms with Crippen molar-refractivity contribution in [3.05, 3.63) is 78.4 Å². The van der Waals surface area contributed by atoms with E-state index in [9.17, 15) is 9.59 Å². The predicted octanol–water partition coefficient (Wildman–Crippen LogP) is 4.67. The highest BCUT2D eigenvalue weighted by molar-refractivity contribution is 5.98. The second-order valence-corrected chi connectivity index (χ2v) is 7.32. The van der Waals surface area contributed by atoms with Crippen molar-refractivity contribution in [3.63, 3.8) is 0 Å². The average molecular weight is 400 g/mol. The van der Waals surface area contributed by atoms with Gasteiger partial charge >= 0.3 is 0 Å². The molecule has 2 amide bonds. The Kier molecular flexibility index (Phi) is 5.80. The van der Waals surface area contributed by atoms with Crippen LogP contribution in [0.3, 0.4) is 0 Å². The molecular weight excluding hydrogens is 376 g/mol. The number of anilines is 2. The minimum absolute atomic E-state index is 0.0790. The predicted molar refractivity (Wildman–Crippen MR) is 119 cm³/mol. The first kappa shape index (κ1) is 19.7.